The standard InChI is InChI=1S/C6H4ClNO2/c7-5-2-8-1-4(3-9)6(5)10/h1-3H,(H,8,10). The van der Waals surface area contributed by atoms with Crippen molar-refractivity contribution >= 4 is 17.9 Å². The molecule has 52 valence electrons. The summed E-state index contributed by atoms with van der Waals surface area (Å²) in [5, 5.41) is 0.0320. The van der Waals surface area contributed by atoms with Crippen molar-refractivity contribution in [2.45, 2.75) is 0 Å². The molecule has 3 nitrogen and oxygen atoms in total. The van der Waals surface area contributed by atoms with Crippen molar-refractivity contribution in [3.8, 4) is 0 Å². The molecule has 1 aromatic rings. The van der Waals surface area contributed by atoms with Crippen molar-refractivity contribution in [1.82, 2.24) is 4.98 Å². The summed E-state index contributed by atoms with van der Waals surface area (Å²) in [7, 11) is 0. The number of hydrogen-bond acceptors (Lipinski definition) is 2. The number of carbonyl (C=O) groups excluding carboxylic acids is 1. The summed E-state index contributed by atoms with van der Waals surface area (Å²) in [4.78, 5) is 23.5. The number of hydrogen-bond donors (Lipinski definition) is 1. The van der Waals surface area contributed by atoms with E-state index in [0.717, 1.165) is 0 Å². The molecular formula is C6H4ClNO2. The molecule has 1 rings (SSSR count). The average Bonchev–Trinajstić information content (AvgIpc) is 1.95. The molecule has 0 aliphatic rings. The number of aldehydes is 1. The van der Waals surface area contributed by atoms with Crippen LogP contribution in [0.25, 0.3) is 0 Å². The number of nitrogens with one attached hydrogen (secondary N) is 1. The van der Waals surface area contributed by atoms with Gasteiger partial charge in [0.25, 0.3) is 0 Å². The monoisotopic (exact) mass is 157 g/mol. The number of carbonyl (C=O) groups is 1. The summed E-state index contributed by atoms with van der Waals surface area (Å²) >= 11 is 5.39. The third-order valence-electron chi connectivity index (χ3n) is 1.05. The molecule has 1 N–H and O–H groups in total. The summed E-state index contributed by atoms with van der Waals surface area (Å²) in [5.74, 6) is 0. The zero-order valence-electron chi connectivity index (χ0n) is 4.93. The van der Waals surface area contributed by atoms with Crippen LogP contribution >= 0.6 is 11.6 Å². The van der Waals surface area contributed by atoms with E-state index in [0.29, 0.717) is 6.29 Å². The molecule has 1 aromatic heterocycles. The second-order valence-electron chi connectivity index (χ2n) is 1.71. The quantitative estimate of drug-likeness (QED) is 0.615. The maximum absolute atomic E-state index is 10.8. The maximum Gasteiger partial charge on any atom is 0.210 e. The molecule has 0 radical (unpaired) electrons. The summed E-state index contributed by atoms with van der Waals surface area (Å²) in [6.07, 6.45) is 3.10. The lowest BCUT2D eigenvalue weighted by molar-refractivity contribution is 0.112. The molecule has 0 spiro atoms. The minimum atomic E-state index is -0.435. The van der Waals surface area contributed by atoms with Crippen LogP contribution in [-0.2, 0) is 0 Å². The van der Waals surface area contributed by atoms with Crippen LogP contribution in [0.4, 0.5) is 0 Å². The second kappa shape index (κ2) is 2.66. The fourth-order valence-electron chi connectivity index (χ4n) is 0.561. The second-order valence-corrected chi connectivity index (χ2v) is 2.11. The van der Waals surface area contributed by atoms with E-state index in [-0.39, 0.29) is 10.6 Å². The molecule has 10 heavy (non-hydrogen) atoms. The Bertz CT molecular complexity index is 305. The van der Waals surface area contributed by atoms with Crippen LogP contribution < -0.4 is 5.43 Å². The normalized spacial score (nSPS) is 9.30. The van der Waals surface area contributed by atoms with Gasteiger partial charge in [-0.3, -0.25) is 9.59 Å². The van der Waals surface area contributed by atoms with Crippen molar-refractivity contribution in [3.63, 3.8) is 0 Å². The first kappa shape index (κ1) is 7.02. The van der Waals surface area contributed by atoms with Gasteiger partial charge >= 0.3 is 0 Å². The maximum atomic E-state index is 10.8. The van der Waals surface area contributed by atoms with Gasteiger partial charge in [-0.1, -0.05) is 11.6 Å². The zero-order chi connectivity index (χ0) is 7.56. The lowest BCUT2D eigenvalue weighted by atomic mass is 10.3. The van der Waals surface area contributed by atoms with E-state index in [1.54, 1.807) is 0 Å². The summed E-state index contributed by atoms with van der Waals surface area (Å²) < 4.78 is 0. The van der Waals surface area contributed by atoms with Crippen molar-refractivity contribution < 1.29 is 4.79 Å². The molecule has 0 bridgehead atoms. The Morgan fingerprint density at radius 3 is 2.70 bits per heavy atom. The largest absolute Gasteiger partial charge is 0.365 e. The first-order chi connectivity index (χ1) is 4.75. The molecule has 0 aromatic carbocycles. The highest BCUT2D eigenvalue weighted by Gasteiger charge is 1.99. The number of pyridine rings is 1. The lowest BCUT2D eigenvalue weighted by Crippen LogP contribution is -2.07. The van der Waals surface area contributed by atoms with E-state index >= 15 is 0 Å². The first-order valence-corrected chi connectivity index (χ1v) is 2.95. The predicted octanol–water partition coefficient (Wildman–Crippen LogP) is 0.841. The number of aromatic amines is 1. The van der Waals surface area contributed by atoms with Gasteiger partial charge in [-0.15, -0.1) is 0 Å². The van der Waals surface area contributed by atoms with E-state index in [2.05, 4.69) is 4.98 Å². The summed E-state index contributed by atoms with van der Waals surface area (Å²) in [5.41, 5.74) is -0.386. The van der Waals surface area contributed by atoms with Gasteiger partial charge < -0.3 is 4.98 Å². The Labute approximate surface area is 61.6 Å². The van der Waals surface area contributed by atoms with Gasteiger partial charge in [0.2, 0.25) is 5.43 Å². The predicted molar refractivity (Wildman–Crippen MR) is 37.5 cm³/mol. The molecule has 0 unspecified atom stereocenters. The molecular weight excluding hydrogens is 154 g/mol. The van der Waals surface area contributed by atoms with Gasteiger partial charge in [0, 0.05) is 12.4 Å². The van der Waals surface area contributed by atoms with E-state index in [9.17, 15) is 9.59 Å². The smallest absolute Gasteiger partial charge is 0.210 e. The van der Waals surface area contributed by atoms with Crippen LogP contribution in [0.3, 0.4) is 0 Å². The van der Waals surface area contributed by atoms with Crippen LogP contribution in [0.1, 0.15) is 10.4 Å². The highest BCUT2D eigenvalue weighted by Crippen LogP contribution is 1.97. The lowest BCUT2D eigenvalue weighted by Gasteiger charge is -1.88. The molecule has 4 heteroatoms. The minimum Gasteiger partial charge on any atom is -0.365 e. The first-order valence-electron chi connectivity index (χ1n) is 2.57. The van der Waals surface area contributed by atoms with E-state index in [1.165, 1.54) is 12.4 Å². The molecule has 0 saturated heterocycles. The molecule has 0 aliphatic carbocycles. The fraction of sp³-hybridized carbons (Fsp3) is 0. The van der Waals surface area contributed by atoms with Crippen molar-refractivity contribution in [2.24, 2.45) is 0 Å². The zero-order valence-corrected chi connectivity index (χ0v) is 5.68. The Kier molecular flexibility index (Phi) is 1.87. The van der Waals surface area contributed by atoms with Crippen LogP contribution in [0, 0.1) is 0 Å². The van der Waals surface area contributed by atoms with E-state index < -0.39 is 5.43 Å². The summed E-state index contributed by atoms with van der Waals surface area (Å²) in [6.45, 7) is 0. The Morgan fingerprint density at radius 1 is 1.50 bits per heavy atom. The molecule has 0 fully saturated rings. The number of halogens is 1. The van der Waals surface area contributed by atoms with Crippen LogP contribution in [0.2, 0.25) is 5.02 Å². The SMILES string of the molecule is O=Cc1c[nH]cc(Cl)c1=O. The van der Waals surface area contributed by atoms with Crippen molar-refractivity contribution in [2.75, 3.05) is 0 Å². The highest BCUT2D eigenvalue weighted by atomic mass is 35.5. The van der Waals surface area contributed by atoms with Crippen LogP contribution in [0.15, 0.2) is 17.2 Å². The third kappa shape index (κ3) is 1.09. The van der Waals surface area contributed by atoms with Gasteiger partial charge in [0.1, 0.15) is 5.02 Å². The van der Waals surface area contributed by atoms with Gasteiger partial charge in [-0.25, -0.2) is 0 Å². The number of rotatable bonds is 1. The van der Waals surface area contributed by atoms with Gasteiger partial charge in [0.05, 0.1) is 5.56 Å². The van der Waals surface area contributed by atoms with E-state index in [4.69, 9.17) is 11.6 Å². The summed E-state index contributed by atoms with van der Waals surface area (Å²) in [6, 6.07) is 0. The minimum absolute atomic E-state index is 0.0320. The Balaban J connectivity index is 3.42. The highest BCUT2D eigenvalue weighted by molar-refractivity contribution is 6.30. The van der Waals surface area contributed by atoms with Crippen molar-refractivity contribution in [1.29, 1.82) is 0 Å². The van der Waals surface area contributed by atoms with Crippen LogP contribution in [0.5, 0.6) is 0 Å². The van der Waals surface area contributed by atoms with Gasteiger partial charge in [0.15, 0.2) is 6.29 Å². The molecule has 0 amide bonds. The molecule has 1 heterocycles. The molecule has 0 atom stereocenters. The number of H-pyrrole nitrogens is 1. The average molecular weight is 158 g/mol. The number of aromatic nitrogens is 1. The molecule has 0 saturated carbocycles. The van der Waals surface area contributed by atoms with Gasteiger partial charge in [-0.2, -0.15) is 0 Å². The Morgan fingerprint density at radius 2 is 2.20 bits per heavy atom. The van der Waals surface area contributed by atoms with Crippen LogP contribution in [-0.4, -0.2) is 11.3 Å². The fourth-order valence-corrected chi connectivity index (χ4v) is 0.733. The molecule has 0 aliphatic heterocycles. The van der Waals surface area contributed by atoms with Gasteiger partial charge in [-0.05, 0) is 0 Å². The van der Waals surface area contributed by atoms with E-state index in [1.807, 2.05) is 0 Å². The Hall–Kier alpha value is -1.09. The third-order valence-corrected chi connectivity index (χ3v) is 1.34. The van der Waals surface area contributed by atoms with Crippen molar-refractivity contribution in [3.05, 3.63) is 33.2 Å². The topological polar surface area (TPSA) is 49.9 Å².